The second-order valence-corrected chi connectivity index (χ2v) is 7.08. The minimum absolute atomic E-state index is 0.219. The van der Waals surface area contributed by atoms with Gasteiger partial charge in [0.2, 0.25) is 0 Å². The lowest BCUT2D eigenvalue weighted by atomic mass is 9.98. The van der Waals surface area contributed by atoms with Gasteiger partial charge in [-0.2, -0.15) is 0 Å². The predicted molar refractivity (Wildman–Crippen MR) is 81.9 cm³/mol. The lowest BCUT2D eigenvalue weighted by Crippen LogP contribution is -2.25. The van der Waals surface area contributed by atoms with Crippen molar-refractivity contribution in [1.29, 1.82) is 0 Å². The van der Waals surface area contributed by atoms with E-state index in [2.05, 4.69) is 0 Å². The van der Waals surface area contributed by atoms with Crippen molar-refractivity contribution < 1.29 is 4.74 Å². The van der Waals surface area contributed by atoms with Crippen LogP contribution in [0.5, 0.6) is 0 Å². The van der Waals surface area contributed by atoms with Crippen molar-refractivity contribution in [2.24, 2.45) is 0 Å². The number of nitrogens with two attached hydrogens (primary N) is 1. The van der Waals surface area contributed by atoms with E-state index in [0.717, 1.165) is 21.4 Å². The lowest BCUT2D eigenvalue weighted by Gasteiger charge is -2.23. The van der Waals surface area contributed by atoms with Crippen LogP contribution < -0.4 is 5.73 Å². The number of thioether (sulfide) groups is 1. The van der Waals surface area contributed by atoms with Crippen molar-refractivity contribution in [1.82, 2.24) is 0 Å². The maximum absolute atomic E-state index is 6.31. The molecule has 0 amide bonds. The Balaban J connectivity index is 1.59. The molecule has 1 heterocycles. The second kappa shape index (κ2) is 5.55. The Hall–Kier alpha value is -0.380. The molecule has 3 rings (SSSR count). The van der Waals surface area contributed by atoms with Crippen molar-refractivity contribution in [2.45, 2.75) is 55.1 Å². The monoisotopic (exact) mass is 297 g/mol. The third-order valence-electron chi connectivity index (χ3n) is 4.26. The maximum Gasteiger partial charge on any atom is 0.0687 e. The molecule has 2 nitrogen and oxygen atoms in total. The van der Waals surface area contributed by atoms with Crippen LogP contribution in [0.4, 0.5) is 5.69 Å². The fourth-order valence-corrected chi connectivity index (χ4v) is 4.63. The molecule has 1 saturated carbocycles. The Morgan fingerprint density at radius 1 is 1.32 bits per heavy atom. The highest BCUT2D eigenvalue weighted by Gasteiger charge is 2.41. The molecule has 0 bridgehead atoms. The number of rotatable bonds is 3. The molecule has 19 heavy (non-hydrogen) atoms. The molecule has 1 aromatic rings. The zero-order chi connectivity index (χ0) is 13.3. The molecule has 2 N–H and O–H groups in total. The highest BCUT2D eigenvalue weighted by atomic mass is 35.5. The van der Waals surface area contributed by atoms with Crippen LogP contribution >= 0.6 is 23.4 Å². The average molecular weight is 298 g/mol. The zero-order valence-corrected chi connectivity index (χ0v) is 12.6. The summed E-state index contributed by atoms with van der Waals surface area (Å²) in [5.41, 5.74) is 6.96. The molecule has 1 aliphatic carbocycles. The van der Waals surface area contributed by atoms with Gasteiger partial charge in [-0.05, 0) is 37.8 Å². The number of hydrogen-bond acceptors (Lipinski definition) is 3. The number of hydrogen-bond donors (Lipinski definition) is 1. The van der Waals surface area contributed by atoms with E-state index in [1.807, 2.05) is 18.2 Å². The van der Waals surface area contributed by atoms with E-state index in [9.17, 15) is 0 Å². The quantitative estimate of drug-likeness (QED) is 0.659. The molecule has 1 unspecified atom stereocenters. The van der Waals surface area contributed by atoms with Gasteiger partial charge in [-0.25, -0.2) is 0 Å². The molecule has 1 saturated heterocycles. The second-order valence-electron chi connectivity index (χ2n) is 5.64. The summed E-state index contributed by atoms with van der Waals surface area (Å²) in [6.07, 6.45) is 7.94. The standard InChI is InChI=1S/C15H20ClNOS/c16-12-4-3-5-13(17)14(12)19-10-11-6-9-15(18-11)7-1-2-8-15/h3-5,11H,1-2,6-10,17H2. The molecule has 2 fully saturated rings. The summed E-state index contributed by atoms with van der Waals surface area (Å²) in [6.45, 7) is 0. The molecule has 104 valence electrons. The first-order valence-electron chi connectivity index (χ1n) is 7.03. The molecule has 1 aliphatic heterocycles. The van der Waals surface area contributed by atoms with Gasteiger partial charge in [-0.3, -0.25) is 0 Å². The molecule has 0 radical (unpaired) electrons. The van der Waals surface area contributed by atoms with Crippen LogP contribution in [0.2, 0.25) is 5.02 Å². The van der Waals surface area contributed by atoms with Gasteiger partial charge < -0.3 is 10.5 Å². The fourth-order valence-electron chi connectivity index (χ4n) is 3.25. The molecule has 4 heteroatoms. The Kier molecular flexibility index (Phi) is 3.97. The topological polar surface area (TPSA) is 35.2 Å². The normalized spacial score (nSPS) is 25.2. The third-order valence-corrected chi connectivity index (χ3v) is 5.97. The largest absolute Gasteiger partial charge is 0.398 e. The van der Waals surface area contributed by atoms with Gasteiger partial charge in [-0.1, -0.05) is 30.5 Å². The number of benzene rings is 1. The molecule has 2 aliphatic rings. The van der Waals surface area contributed by atoms with Gasteiger partial charge in [0.15, 0.2) is 0 Å². The van der Waals surface area contributed by atoms with E-state index in [-0.39, 0.29) is 5.60 Å². The van der Waals surface area contributed by atoms with Crippen LogP contribution in [0.15, 0.2) is 23.1 Å². The van der Waals surface area contributed by atoms with Crippen LogP contribution in [0, 0.1) is 0 Å². The van der Waals surface area contributed by atoms with Gasteiger partial charge >= 0.3 is 0 Å². The van der Waals surface area contributed by atoms with Crippen LogP contribution in [-0.2, 0) is 4.74 Å². The van der Waals surface area contributed by atoms with Crippen LogP contribution in [-0.4, -0.2) is 17.5 Å². The Labute approximate surface area is 124 Å². The maximum atomic E-state index is 6.31. The first-order valence-corrected chi connectivity index (χ1v) is 8.40. The van der Waals surface area contributed by atoms with Gasteiger partial charge in [0.1, 0.15) is 0 Å². The number of anilines is 1. The number of nitrogen functional groups attached to an aromatic ring is 1. The summed E-state index contributed by atoms with van der Waals surface area (Å²) in [5, 5.41) is 0.749. The number of halogens is 1. The molecule has 1 aromatic carbocycles. The summed E-state index contributed by atoms with van der Waals surface area (Å²) in [6, 6.07) is 5.69. The van der Waals surface area contributed by atoms with Crippen molar-refractivity contribution in [3.05, 3.63) is 23.2 Å². The van der Waals surface area contributed by atoms with E-state index in [0.29, 0.717) is 6.10 Å². The first-order chi connectivity index (χ1) is 9.19. The molecular weight excluding hydrogens is 278 g/mol. The Morgan fingerprint density at radius 3 is 2.84 bits per heavy atom. The lowest BCUT2D eigenvalue weighted by molar-refractivity contribution is -0.0267. The minimum atomic E-state index is 0.219. The van der Waals surface area contributed by atoms with Crippen molar-refractivity contribution in [3.8, 4) is 0 Å². The van der Waals surface area contributed by atoms with E-state index in [1.54, 1.807) is 11.8 Å². The van der Waals surface area contributed by atoms with Crippen molar-refractivity contribution in [3.63, 3.8) is 0 Å². The Morgan fingerprint density at radius 2 is 2.11 bits per heavy atom. The van der Waals surface area contributed by atoms with E-state index in [1.165, 1.54) is 38.5 Å². The van der Waals surface area contributed by atoms with E-state index < -0.39 is 0 Å². The number of ether oxygens (including phenoxy) is 1. The highest BCUT2D eigenvalue weighted by Crippen LogP contribution is 2.44. The summed E-state index contributed by atoms with van der Waals surface area (Å²) in [4.78, 5) is 1.00. The average Bonchev–Trinajstić information content (AvgIpc) is 3.00. The van der Waals surface area contributed by atoms with Crippen LogP contribution in [0.25, 0.3) is 0 Å². The Bertz CT molecular complexity index is 439. The summed E-state index contributed by atoms with van der Waals surface area (Å²) in [7, 11) is 0. The summed E-state index contributed by atoms with van der Waals surface area (Å²) < 4.78 is 6.31. The zero-order valence-electron chi connectivity index (χ0n) is 11.0. The first kappa shape index (κ1) is 13.6. The van der Waals surface area contributed by atoms with Crippen LogP contribution in [0.1, 0.15) is 38.5 Å². The van der Waals surface area contributed by atoms with Gasteiger partial charge in [0.05, 0.1) is 16.7 Å². The van der Waals surface area contributed by atoms with E-state index in [4.69, 9.17) is 22.1 Å². The van der Waals surface area contributed by atoms with Crippen molar-refractivity contribution >= 4 is 29.1 Å². The smallest absolute Gasteiger partial charge is 0.0687 e. The highest BCUT2D eigenvalue weighted by molar-refractivity contribution is 7.99. The van der Waals surface area contributed by atoms with Crippen molar-refractivity contribution in [2.75, 3.05) is 11.5 Å². The van der Waals surface area contributed by atoms with Gasteiger partial charge in [0.25, 0.3) is 0 Å². The predicted octanol–water partition coefficient (Wildman–Crippen LogP) is 4.51. The summed E-state index contributed by atoms with van der Waals surface area (Å²) >= 11 is 7.93. The van der Waals surface area contributed by atoms with Gasteiger partial charge in [0, 0.05) is 16.3 Å². The van der Waals surface area contributed by atoms with Crippen LogP contribution in [0.3, 0.4) is 0 Å². The molecule has 0 aromatic heterocycles. The summed E-state index contributed by atoms with van der Waals surface area (Å²) in [5.74, 6) is 0.954. The SMILES string of the molecule is Nc1cccc(Cl)c1SCC1CCC2(CCCC2)O1. The van der Waals surface area contributed by atoms with Gasteiger partial charge in [-0.15, -0.1) is 11.8 Å². The minimum Gasteiger partial charge on any atom is -0.398 e. The molecule has 1 spiro atoms. The molecule has 1 atom stereocenters. The fraction of sp³-hybridized carbons (Fsp3) is 0.600. The third kappa shape index (κ3) is 2.88. The molecular formula is C15H20ClNOS. The van der Waals surface area contributed by atoms with E-state index >= 15 is 0 Å².